The van der Waals surface area contributed by atoms with E-state index in [1.165, 1.54) is 0 Å². The second kappa shape index (κ2) is 9.38. The maximum Gasteiger partial charge on any atom is 0.390 e. The van der Waals surface area contributed by atoms with Crippen molar-refractivity contribution < 1.29 is 13.2 Å². The fourth-order valence-corrected chi connectivity index (χ4v) is 2.27. The van der Waals surface area contributed by atoms with E-state index >= 15 is 0 Å². The largest absolute Gasteiger partial charge is 0.390 e. The van der Waals surface area contributed by atoms with Gasteiger partial charge in [0.15, 0.2) is 11.6 Å². The molecule has 11 heteroatoms. The Morgan fingerprint density at radius 1 is 0.741 bits per heavy atom. The summed E-state index contributed by atoms with van der Waals surface area (Å²) in [4.78, 5) is 17.5. The zero-order valence-electron chi connectivity index (χ0n) is 15.7. The molecule has 2 aromatic heterocycles. The van der Waals surface area contributed by atoms with Crippen LogP contribution < -0.4 is 21.3 Å². The summed E-state index contributed by atoms with van der Waals surface area (Å²) in [5, 5.41) is 11.9. The van der Waals surface area contributed by atoms with E-state index in [1.807, 2.05) is 13.8 Å². The Labute approximate surface area is 155 Å². The Morgan fingerprint density at radius 3 is 1.81 bits per heavy atom. The van der Waals surface area contributed by atoms with Gasteiger partial charge in [-0.3, -0.25) is 0 Å². The Bertz CT molecular complexity index is 751. The summed E-state index contributed by atoms with van der Waals surface area (Å²) < 4.78 is 37.2. The highest BCUT2D eigenvalue weighted by atomic mass is 19.4. The molecule has 0 radical (unpaired) electrons. The smallest absolute Gasteiger partial charge is 0.371 e. The molecule has 0 spiro atoms. The number of rotatable bonds is 10. The minimum absolute atomic E-state index is 0.0970. The molecule has 0 aromatic carbocycles. The van der Waals surface area contributed by atoms with E-state index in [-0.39, 0.29) is 12.5 Å². The summed E-state index contributed by atoms with van der Waals surface area (Å²) >= 11 is 0. The molecule has 0 saturated carbocycles. The fraction of sp³-hybridized carbons (Fsp3) is 0.625. The van der Waals surface area contributed by atoms with Gasteiger partial charge in [0.2, 0.25) is 11.9 Å². The van der Waals surface area contributed by atoms with E-state index in [4.69, 9.17) is 0 Å². The van der Waals surface area contributed by atoms with Crippen LogP contribution in [0, 0.1) is 0 Å². The highest BCUT2D eigenvalue weighted by molar-refractivity contribution is 5.94. The van der Waals surface area contributed by atoms with Crippen LogP contribution in [0.4, 0.5) is 36.7 Å². The van der Waals surface area contributed by atoms with Crippen molar-refractivity contribution in [2.75, 3.05) is 47.9 Å². The third-order valence-electron chi connectivity index (χ3n) is 3.55. The standard InChI is InChI=1S/C16H25F3N8/c1-4-7-21-13-11-10(12(20-3)26-14(25-11)22-8-5-2)24-15(27-13)23-9-6-16(17,18)19/h4-9H2,1-3H3,(H2,20,22,25,26)(H2,21,23,24,27). The fourth-order valence-electron chi connectivity index (χ4n) is 2.27. The molecule has 0 unspecified atom stereocenters. The van der Waals surface area contributed by atoms with Gasteiger partial charge >= 0.3 is 6.18 Å². The second-order valence-corrected chi connectivity index (χ2v) is 5.88. The van der Waals surface area contributed by atoms with Crippen molar-refractivity contribution in [3.8, 4) is 0 Å². The average Bonchev–Trinajstić information content (AvgIpc) is 2.62. The monoisotopic (exact) mass is 386 g/mol. The van der Waals surface area contributed by atoms with Crippen LogP contribution >= 0.6 is 0 Å². The van der Waals surface area contributed by atoms with Crippen LogP contribution in [0.2, 0.25) is 0 Å². The van der Waals surface area contributed by atoms with Crippen molar-refractivity contribution in [3.63, 3.8) is 0 Å². The number of nitrogens with zero attached hydrogens (tertiary/aromatic N) is 4. The summed E-state index contributed by atoms with van der Waals surface area (Å²) in [5.74, 6) is 1.46. The predicted molar refractivity (Wildman–Crippen MR) is 101 cm³/mol. The van der Waals surface area contributed by atoms with E-state index in [2.05, 4.69) is 41.2 Å². The second-order valence-electron chi connectivity index (χ2n) is 5.88. The number of hydrogen-bond donors (Lipinski definition) is 4. The summed E-state index contributed by atoms with van der Waals surface area (Å²) in [6.07, 6.45) is -3.45. The SMILES string of the molecule is CCCNc1nc(NC)c2nc(NCCC(F)(F)F)nc(NCCC)c2n1. The molecule has 150 valence electrons. The van der Waals surface area contributed by atoms with Gasteiger partial charge in [0.1, 0.15) is 11.0 Å². The number of nitrogens with one attached hydrogen (secondary N) is 4. The zero-order chi connectivity index (χ0) is 19.9. The molecule has 0 amide bonds. The van der Waals surface area contributed by atoms with E-state index < -0.39 is 12.6 Å². The van der Waals surface area contributed by atoms with E-state index in [1.54, 1.807) is 7.05 Å². The average molecular weight is 386 g/mol. The molecule has 2 heterocycles. The third-order valence-corrected chi connectivity index (χ3v) is 3.55. The van der Waals surface area contributed by atoms with E-state index in [0.29, 0.717) is 41.7 Å². The molecule has 0 fully saturated rings. The van der Waals surface area contributed by atoms with Crippen LogP contribution in [0.5, 0.6) is 0 Å². The lowest BCUT2D eigenvalue weighted by Crippen LogP contribution is -2.17. The maximum absolute atomic E-state index is 12.4. The van der Waals surface area contributed by atoms with Crippen LogP contribution in [0.25, 0.3) is 11.0 Å². The van der Waals surface area contributed by atoms with Crippen LogP contribution in [-0.4, -0.2) is 52.8 Å². The van der Waals surface area contributed by atoms with E-state index in [9.17, 15) is 13.2 Å². The molecule has 0 saturated heterocycles. The molecule has 2 rings (SSSR count). The van der Waals surface area contributed by atoms with Gasteiger partial charge in [0, 0.05) is 26.7 Å². The number of fused-ring (bicyclic) bond motifs is 1. The van der Waals surface area contributed by atoms with Gasteiger partial charge < -0.3 is 21.3 Å². The van der Waals surface area contributed by atoms with Crippen LogP contribution in [-0.2, 0) is 0 Å². The van der Waals surface area contributed by atoms with Gasteiger partial charge in [-0.1, -0.05) is 13.8 Å². The van der Waals surface area contributed by atoms with Crippen molar-refractivity contribution >= 4 is 34.6 Å². The molecular weight excluding hydrogens is 361 g/mol. The normalized spacial score (nSPS) is 11.5. The third kappa shape index (κ3) is 5.97. The Kier molecular flexibility index (Phi) is 7.19. The number of hydrogen-bond acceptors (Lipinski definition) is 8. The first-order valence-corrected chi connectivity index (χ1v) is 8.93. The van der Waals surface area contributed by atoms with Gasteiger partial charge in [0.25, 0.3) is 0 Å². The van der Waals surface area contributed by atoms with Crippen molar-refractivity contribution in [2.45, 2.75) is 39.3 Å². The summed E-state index contributed by atoms with van der Waals surface area (Å²) in [5.41, 5.74) is 0.936. The topological polar surface area (TPSA) is 99.7 Å². The van der Waals surface area contributed by atoms with Crippen LogP contribution in [0.15, 0.2) is 0 Å². The van der Waals surface area contributed by atoms with Gasteiger partial charge in [-0.05, 0) is 12.8 Å². The van der Waals surface area contributed by atoms with Gasteiger partial charge in [0.05, 0.1) is 6.42 Å². The summed E-state index contributed by atoms with van der Waals surface area (Å²) in [6.45, 7) is 5.08. The lowest BCUT2D eigenvalue weighted by atomic mass is 10.3. The van der Waals surface area contributed by atoms with Crippen LogP contribution in [0.1, 0.15) is 33.1 Å². The van der Waals surface area contributed by atoms with Crippen molar-refractivity contribution in [1.29, 1.82) is 0 Å². The lowest BCUT2D eigenvalue weighted by molar-refractivity contribution is -0.131. The van der Waals surface area contributed by atoms with Gasteiger partial charge in [-0.25, -0.2) is 9.97 Å². The molecule has 0 atom stereocenters. The first-order chi connectivity index (χ1) is 12.9. The van der Waals surface area contributed by atoms with Crippen molar-refractivity contribution in [3.05, 3.63) is 0 Å². The molecule has 0 bridgehead atoms. The lowest BCUT2D eigenvalue weighted by Gasteiger charge is -2.14. The minimum Gasteiger partial charge on any atom is -0.371 e. The highest BCUT2D eigenvalue weighted by Gasteiger charge is 2.26. The summed E-state index contributed by atoms with van der Waals surface area (Å²) in [6, 6.07) is 0. The maximum atomic E-state index is 12.4. The number of anilines is 4. The summed E-state index contributed by atoms with van der Waals surface area (Å²) in [7, 11) is 1.70. The van der Waals surface area contributed by atoms with Crippen molar-refractivity contribution in [1.82, 2.24) is 19.9 Å². The Morgan fingerprint density at radius 2 is 1.26 bits per heavy atom. The molecule has 2 aromatic rings. The molecule has 8 nitrogen and oxygen atoms in total. The minimum atomic E-state index is -4.24. The van der Waals surface area contributed by atoms with Crippen molar-refractivity contribution in [2.24, 2.45) is 0 Å². The first kappa shape index (κ1) is 20.7. The zero-order valence-corrected chi connectivity index (χ0v) is 15.7. The molecule has 4 N–H and O–H groups in total. The molecule has 27 heavy (non-hydrogen) atoms. The molecule has 0 aliphatic carbocycles. The number of halogens is 3. The molecular formula is C16H25F3N8. The molecule has 0 aliphatic heterocycles. The van der Waals surface area contributed by atoms with E-state index in [0.717, 1.165) is 12.8 Å². The number of alkyl halides is 3. The van der Waals surface area contributed by atoms with Gasteiger partial charge in [-0.2, -0.15) is 23.1 Å². The highest BCUT2D eigenvalue weighted by Crippen LogP contribution is 2.27. The Hall–Kier alpha value is -2.59. The van der Waals surface area contributed by atoms with Gasteiger partial charge in [-0.15, -0.1) is 0 Å². The Balaban J connectivity index is 2.42. The quantitative estimate of drug-likeness (QED) is 0.493. The first-order valence-electron chi connectivity index (χ1n) is 8.93. The molecule has 0 aliphatic rings. The number of aromatic nitrogens is 4. The van der Waals surface area contributed by atoms with Crippen LogP contribution in [0.3, 0.4) is 0 Å². The predicted octanol–water partition coefficient (Wildman–Crippen LogP) is 3.47.